The summed E-state index contributed by atoms with van der Waals surface area (Å²) in [4.78, 5) is 64.9. The average Bonchev–Trinajstić information content (AvgIpc) is 3.60. The zero-order valence-electron chi connectivity index (χ0n) is 22.8. The lowest BCUT2D eigenvalue weighted by Crippen LogP contribution is -2.58. The molecule has 0 unspecified atom stereocenters. The standard InChI is InChI=1S/C29H31N5O5S2/c1-16(2)25(34-28(38)23-13-18-9-5-7-11-21(18)41-23)29(39)33-19(26(36)32-15-24(35)30-3)14-31-27(37)22-12-17-8-4-6-10-20(17)40-22/h4-13,16,19,25H,14-15H2,1-3H3,(H,30,35)(H,31,37)(H,32,36)(H,33,39)(H,34,38)/t19-,25+/m1/s1. The molecule has 0 fully saturated rings. The van der Waals surface area contributed by atoms with Gasteiger partial charge in [-0.2, -0.15) is 0 Å². The molecule has 0 bridgehead atoms. The van der Waals surface area contributed by atoms with Gasteiger partial charge in [0.2, 0.25) is 17.7 Å². The largest absolute Gasteiger partial charge is 0.358 e. The fourth-order valence-electron chi connectivity index (χ4n) is 4.07. The third kappa shape index (κ3) is 7.47. The molecular formula is C29H31N5O5S2. The van der Waals surface area contributed by atoms with Crippen molar-refractivity contribution in [3.05, 3.63) is 70.4 Å². The minimum absolute atomic E-state index is 0.229. The van der Waals surface area contributed by atoms with E-state index in [0.29, 0.717) is 9.75 Å². The molecule has 0 saturated heterocycles. The van der Waals surface area contributed by atoms with Crippen LogP contribution in [0.2, 0.25) is 0 Å². The van der Waals surface area contributed by atoms with Gasteiger partial charge in [0.25, 0.3) is 11.8 Å². The van der Waals surface area contributed by atoms with Crippen molar-refractivity contribution in [1.82, 2.24) is 26.6 Å². The molecule has 214 valence electrons. The number of carbonyl (C=O) groups excluding carboxylic acids is 5. The maximum Gasteiger partial charge on any atom is 0.262 e. The Kier molecular flexibility index (Phi) is 9.69. The van der Waals surface area contributed by atoms with E-state index in [2.05, 4.69) is 26.6 Å². The molecule has 4 rings (SSSR count). The number of benzene rings is 2. The smallest absolute Gasteiger partial charge is 0.262 e. The van der Waals surface area contributed by atoms with E-state index in [4.69, 9.17) is 0 Å². The van der Waals surface area contributed by atoms with Crippen LogP contribution < -0.4 is 26.6 Å². The maximum absolute atomic E-state index is 13.4. The van der Waals surface area contributed by atoms with Crippen LogP contribution in [-0.2, 0) is 14.4 Å². The maximum atomic E-state index is 13.4. The average molecular weight is 594 g/mol. The first-order chi connectivity index (χ1) is 19.7. The third-order valence-electron chi connectivity index (χ3n) is 6.34. The van der Waals surface area contributed by atoms with Crippen molar-refractivity contribution in [3.63, 3.8) is 0 Å². The van der Waals surface area contributed by atoms with E-state index in [1.807, 2.05) is 48.5 Å². The van der Waals surface area contributed by atoms with E-state index < -0.39 is 41.6 Å². The Balaban J connectivity index is 1.46. The Hall–Kier alpha value is -4.29. The first-order valence-corrected chi connectivity index (χ1v) is 14.6. The van der Waals surface area contributed by atoms with Crippen LogP contribution in [0, 0.1) is 5.92 Å². The summed E-state index contributed by atoms with van der Waals surface area (Å²) < 4.78 is 1.89. The molecule has 41 heavy (non-hydrogen) atoms. The van der Waals surface area contributed by atoms with E-state index in [0.717, 1.165) is 20.2 Å². The topological polar surface area (TPSA) is 146 Å². The monoisotopic (exact) mass is 593 g/mol. The minimum atomic E-state index is -1.20. The highest BCUT2D eigenvalue weighted by molar-refractivity contribution is 7.21. The summed E-state index contributed by atoms with van der Waals surface area (Å²) in [5.41, 5.74) is 0. The van der Waals surface area contributed by atoms with Gasteiger partial charge in [0.15, 0.2) is 0 Å². The predicted molar refractivity (Wildman–Crippen MR) is 161 cm³/mol. The van der Waals surface area contributed by atoms with Gasteiger partial charge in [-0.3, -0.25) is 24.0 Å². The summed E-state index contributed by atoms with van der Waals surface area (Å²) in [5, 5.41) is 14.9. The van der Waals surface area contributed by atoms with Gasteiger partial charge in [0.05, 0.1) is 16.3 Å². The van der Waals surface area contributed by atoms with Crippen molar-refractivity contribution in [1.29, 1.82) is 0 Å². The first-order valence-electron chi connectivity index (χ1n) is 13.0. The van der Waals surface area contributed by atoms with Crippen molar-refractivity contribution < 1.29 is 24.0 Å². The fourth-order valence-corrected chi connectivity index (χ4v) is 6.01. The molecule has 5 N–H and O–H groups in total. The number of carbonyl (C=O) groups is 5. The van der Waals surface area contributed by atoms with Gasteiger partial charge in [-0.1, -0.05) is 50.2 Å². The number of likely N-dealkylation sites (N-methyl/N-ethyl adjacent to an activating group) is 1. The molecule has 12 heteroatoms. The highest BCUT2D eigenvalue weighted by Crippen LogP contribution is 2.26. The molecular weight excluding hydrogens is 562 g/mol. The van der Waals surface area contributed by atoms with Crippen LogP contribution in [0.3, 0.4) is 0 Å². The van der Waals surface area contributed by atoms with Gasteiger partial charge in [0.1, 0.15) is 12.1 Å². The van der Waals surface area contributed by atoms with Gasteiger partial charge in [-0.25, -0.2) is 0 Å². The summed E-state index contributed by atoms with van der Waals surface area (Å²) in [6.07, 6.45) is 0. The lowest BCUT2D eigenvalue weighted by molar-refractivity contribution is -0.131. The second-order valence-corrected chi connectivity index (χ2v) is 11.8. The van der Waals surface area contributed by atoms with E-state index >= 15 is 0 Å². The van der Waals surface area contributed by atoms with Gasteiger partial charge in [-0.15, -0.1) is 22.7 Å². The summed E-state index contributed by atoms with van der Waals surface area (Å²) in [7, 11) is 1.44. The van der Waals surface area contributed by atoms with Gasteiger partial charge >= 0.3 is 0 Å². The van der Waals surface area contributed by atoms with Crippen molar-refractivity contribution in [3.8, 4) is 0 Å². The Bertz CT molecular complexity index is 1530. The lowest BCUT2D eigenvalue weighted by Gasteiger charge is -2.25. The van der Waals surface area contributed by atoms with E-state index in [-0.39, 0.29) is 19.0 Å². The van der Waals surface area contributed by atoms with Gasteiger partial charge in [0, 0.05) is 23.0 Å². The van der Waals surface area contributed by atoms with Crippen LogP contribution >= 0.6 is 22.7 Å². The van der Waals surface area contributed by atoms with Crippen molar-refractivity contribution >= 4 is 72.4 Å². The van der Waals surface area contributed by atoms with Crippen LogP contribution in [0.4, 0.5) is 0 Å². The minimum Gasteiger partial charge on any atom is -0.358 e. The first kappa shape index (κ1) is 29.7. The molecule has 0 aliphatic carbocycles. The Morgan fingerprint density at radius 2 is 1.29 bits per heavy atom. The van der Waals surface area contributed by atoms with Crippen LogP contribution in [0.25, 0.3) is 20.2 Å². The molecule has 0 radical (unpaired) electrons. The lowest BCUT2D eigenvalue weighted by atomic mass is 10.0. The van der Waals surface area contributed by atoms with E-state index in [1.54, 1.807) is 26.0 Å². The Labute approximate surface area is 244 Å². The number of nitrogens with one attached hydrogen (secondary N) is 5. The molecule has 4 aromatic rings. The number of thiophene rings is 2. The Morgan fingerprint density at radius 1 is 0.732 bits per heavy atom. The normalized spacial score (nSPS) is 12.5. The number of hydrogen-bond acceptors (Lipinski definition) is 7. The van der Waals surface area contributed by atoms with E-state index in [9.17, 15) is 24.0 Å². The molecule has 5 amide bonds. The predicted octanol–water partition coefficient (Wildman–Crippen LogP) is 2.65. The van der Waals surface area contributed by atoms with Crippen LogP contribution in [0.5, 0.6) is 0 Å². The second-order valence-electron chi connectivity index (χ2n) is 9.65. The molecule has 2 aromatic carbocycles. The van der Waals surface area contributed by atoms with Crippen LogP contribution in [-0.4, -0.2) is 61.8 Å². The number of hydrogen-bond donors (Lipinski definition) is 5. The van der Waals surface area contributed by atoms with Crippen LogP contribution in [0.15, 0.2) is 60.7 Å². The third-order valence-corrected chi connectivity index (χ3v) is 8.57. The summed E-state index contributed by atoms with van der Waals surface area (Å²) in [6, 6.07) is 16.5. The quantitative estimate of drug-likeness (QED) is 0.182. The molecule has 0 saturated carbocycles. The molecule has 2 atom stereocenters. The fraction of sp³-hybridized carbons (Fsp3) is 0.276. The van der Waals surface area contributed by atoms with Crippen LogP contribution in [0.1, 0.15) is 33.2 Å². The number of rotatable bonds is 11. The van der Waals surface area contributed by atoms with E-state index in [1.165, 1.54) is 29.7 Å². The Morgan fingerprint density at radius 3 is 1.83 bits per heavy atom. The molecule has 10 nitrogen and oxygen atoms in total. The highest BCUT2D eigenvalue weighted by atomic mass is 32.1. The molecule has 2 aromatic heterocycles. The number of amides is 5. The number of fused-ring (bicyclic) bond motifs is 2. The van der Waals surface area contributed by atoms with Crippen molar-refractivity contribution in [2.45, 2.75) is 25.9 Å². The summed E-state index contributed by atoms with van der Waals surface area (Å²) >= 11 is 2.63. The molecule has 0 aliphatic rings. The summed E-state index contributed by atoms with van der Waals surface area (Å²) in [6.45, 7) is 3.02. The summed E-state index contributed by atoms with van der Waals surface area (Å²) in [5.74, 6) is -2.78. The SMILES string of the molecule is CNC(=O)CNC(=O)[C@@H](CNC(=O)c1cc2ccccc2s1)NC(=O)[C@@H](NC(=O)c1cc2ccccc2s1)C(C)C. The van der Waals surface area contributed by atoms with Crippen molar-refractivity contribution in [2.24, 2.45) is 5.92 Å². The van der Waals surface area contributed by atoms with Gasteiger partial charge < -0.3 is 26.6 Å². The van der Waals surface area contributed by atoms with Crippen molar-refractivity contribution in [2.75, 3.05) is 20.1 Å². The molecule has 0 aliphatic heterocycles. The molecule has 0 spiro atoms. The molecule has 2 heterocycles. The van der Waals surface area contributed by atoms with Gasteiger partial charge in [-0.05, 0) is 41.0 Å². The highest BCUT2D eigenvalue weighted by Gasteiger charge is 2.30. The second kappa shape index (κ2) is 13.4. The zero-order valence-corrected chi connectivity index (χ0v) is 24.4. The zero-order chi connectivity index (χ0) is 29.5.